The van der Waals surface area contributed by atoms with Gasteiger partial charge in [0.15, 0.2) is 6.10 Å². The molecule has 0 amide bonds. The van der Waals surface area contributed by atoms with Crippen LogP contribution < -0.4 is 4.74 Å². The molecular weight excluding hydrogens is 573 g/mol. The molecule has 0 aliphatic heterocycles. The van der Waals surface area contributed by atoms with Crippen LogP contribution in [0.25, 0.3) is 0 Å². The van der Waals surface area contributed by atoms with Crippen molar-refractivity contribution < 1.29 is 34.7 Å². The van der Waals surface area contributed by atoms with Gasteiger partial charge in [-0.05, 0) is 79.7 Å². The third kappa shape index (κ3) is 6.68. The molecule has 1 aromatic heterocycles. The quantitative estimate of drug-likeness (QED) is 0.157. The molecule has 0 spiro atoms. The Morgan fingerprint density at radius 1 is 0.700 bits per heavy atom. The molecule has 2 atom stereocenters. The van der Waals surface area contributed by atoms with Crippen molar-refractivity contribution in [2.75, 3.05) is 7.11 Å². The zero-order chi connectivity index (χ0) is 29.1. The average Bonchev–Trinajstić information content (AvgIpc) is 3.36. The minimum Gasteiger partial charge on any atom is -0.497 e. The molecule has 8 nitrogen and oxygen atoms in total. The van der Waals surface area contributed by atoms with Gasteiger partial charge >= 0.3 is 0 Å². The Balaban J connectivity index is 1.86. The van der Waals surface area contributed by atoms with Crippen LogP contribution in [0.3, 0.4) is 0 Å². The van der Waals surface area contributed by atoms with Crippen LogP contribution >= 0.6 is 11.3 Å². The van der Waals surface area contributed by atoms with Crippen LogP contribution in [0.2, 0.25) is 0 Å². The fourth-order valence-electron chi connectivity index (χ4n) is 3.85. The van der Waals surface area contributed by atoms with Crippen molar-refractivity contribution in [2.24, 2.45) is 0 Å². The second kappa shape index (κ2) is 12.0. The van der Waals surface area contributed by atoms with Crippen LogP contribution in [0.1, 0.15) is 38.0 Å². The molecule has 11 heteroatoms. The number of rotatable bonds is 11. The van der Waals surface area contributed by atoms with Crippen LogP contribution in [0.4, 0.5) is 0 Å². The van der Waals surface area contributed by atoms with Gasteiger partial charge in [0.05, 0.1) is 21.8 Å². The summed E-state index contributed by atoms with van der Waals surface area (Å²) in [6.07, 6.45) is -3.54. The summed E-state index contributed by atoms with van der Waals surface area (Å²) in [5, 5.41) is 1.68. The minimum atomic E-state index is -4.53. The lowest BCUT2D eigenvalue weighted by Gasteiger charge is -2.26. The van der Waals surface area contributed by atoms with Gasteiger partial charge in [0.25, 0.3) is 20.2 Å². The third-order valence-electron chi connectivity index (χ3n) is 6.14. The van der Waals surface area contributed by atoms with Crippen LogP contribution in [-0.4, -0.2) is 35.8 Å². The van der Waals surface area contributed by atoms with Gasteiger partial charge < -0.3 is 4.74 Å². The molecule has 2 unspecified atom stereocenters. The van der Waals surface area contributed by atoms with E-state index in [1.54, 1.807) is 68.6 Å². The van der Waals surface area contributed by atoms with Crippen molar-refractivity contribution >= 4 is 37.4 Å². The number of methoxy groups -OCH3 is 1. The lowest BCUT2D eigenvalue weighted by molar-refractivity contribution is 0.0464. The highest BCUT2D eigenvalue weighted by Gasteiger charge is 2.41. The molecule has 210 valence electrons. The monoisotopic (exact) mass is 600 g/mol. The molecule has 3 aromatic carbocycles. The first kappa shape index (κ1) is 29.6. The number of carbonyl (C=O) groups is 1. The van der Waals surface area contributed by atoms with E-state index >= 15 is 0 Å². The van der Waals surface area contributed by atoms with Gasteiger partial charge in [-0.1, -0.05) is 47.5 Å². The second-order valence-electron chi connectivity index (χ2n) is 9.14. The summed E-state index contributed by atoms with van der Waals surface area (Å²) >= 11 is 1.10. The maximum absolute atomic E-state index is 13.9. The first-order chi connectivity index (χ1) is 18.9. The molecule has 40 heavy (non-hydrogen) atoms. The normalized spacial score (nSPS) is 13.5. The summed E-state index contributed by atoms with van der Waals surface area (Å²) in [7, 11) is -7.54. The maximum Gasteiger partial charge on any atom is 0.297 e. The van der Waals surface area contributed by atoms with Crippen molar-refractivity contribution in [2.45, 2.75) is 42.8 Å². The molecule has 1 heterocycles. The van der Waals surface area contributed by atoms with E-state index in [0.717, 1.165) is 22.5 Å². The number of hydrogen-bond donors (Lipinski definition) is 0. The number of aryl methyl sites for hydroxylation is 3. The zero-order valence-electron chi connectivity index (χ0n) is 22.2. The van der Waals surface area contributed by atoms with Gasteiger partial charge in [-0.15, -0.1) is 11.3 Å². The second-order valence-corrected chi connectivity index (χ2v) is 13.2. The van der Waals surface area contributed by atoms with Crippen LogP contribution in [-0.2, 0) is 28.6 Å². The van der Waals surface area contributed by atoms with Gasteiger partial charge in [0.2, 0.25) is 5.78 Å². The van der Waals surface area contributed by atoms with Gasteiger partial charge in [-0.25, -0.2) is 0 Å². The Labute approximate surface area is 238 Å². The highest BCUT2D eigenvalue weighted by molar-refractivity contribution is 7.87. The minimum absolute atomic E-state index is 0.156. The predicted octanol–water partition coefficient (Wildman–Crippen LogP) is 5.79. The summed E-state index contributed by atoms with van der Waals surface area (Å²) in [5.74, 6) is -0.267. The van der Waals surface area contributed by atoms with Crippen molar-refractivity contribution in [3.63, 3.8) is 0 Å². The average molecular weight is 601 g/mol. The molecule has 4 rings (SSSR count). The van der Waals surface area contributed by atoms with E-state index in [-0.39, 0.29) is 20.2 Å². The Morgan fingerprint density at radius 3 is 1.65 bits per heavy atom. The highest BCUT2D eigenvalue weighted by Crippen LogP contribution is 2.35. The molecule has 0 saturated carbocycles. The number of benzene rings is 3. The summed E-state index contributed by atoms with van der Waals surface area (Å²) in [6, 6.07) is 19.7. The number of hydrogen-bond acceptors (Lipinski definition) is 9. The third-order valence-corrected chi connectivity index (χ3v) is 9.80. The molecule has 0 bridgehead atoms. The molecule has 0 aliphatic carbocycles. The smallest absolute Gasteiger partial charge is 0.297 e. The summed E-state index contributed by atoms with van der Waals surface area (Å²) in [5.41, 5.74) is 2.44. The van der Waals surface area contributed by atoms with Crippen molar-refractivity contribution in [3.05, 3.63) is 111 Å². The van der Waals surface area contributed by atoms with E-state index in [9.17, 15) is 21.6 Å². The molecular formula is C29H28O8S3. The first-order valence-corrected chi connectivity index (χ1v) is 15.8. The van der Waals surface area contributed by atoms with Gasteiger partial charge in [0.1, 0.15) is 11.9 Å². The Bertz CT molecular complexity index is 1690. The fourth-order valence-corrected chi connectivity index (χ4v) is 6.86. The van der Waals surface area contributed by atoms with E-state index in [2.05, 4.69) is 0 Å². The zero-order valence-corrected chi connectivity index (χ0v) is 24.7. The standard InChI is InChI=1S/C29H28O8S3/c1-19-5-13-24(14-6-19)39(31,32)36-27(22-9-11-23(35-4)12-10-22)28(26(30)29-21(3)17-18-38-29)37-40(33,34)25-15-7-20(2)8-16-25/h5-18,27-28H,1-4H3. The SMILES string of the molecule is COc1ccc(C(OS(=O)(=O)c2ccc(C)cc2)C(OS(=O)(=O)c2ccc(C)cc2)C(=O)c2sccc2C)cc1. The number of ether oxygens (including phenoxy) is 1. The van der Waals surface area contributed by atoms with Gasteiger partial charge in [-0.3, -0.25) is 13.2 Å². The maximum atomic E-state index is 13.9. The van der Waals surface area contributed by atoms with Gasteiger partial charge in [-0.2, -0.15) is 16.8 Å². The number of Topliss-reactive ketones (excluding diaryl/α,β-unsaturated/α-hetero) is 1. The highest BCUT2D eigenvalue weighted by atomic mass is 32.2. The van der Waals surface area contributed by atoms with E-state index in [1.807, 2.05) is 0 Å². The topological polar surface area (TPSA) is 113 Å². The number of carbonyl (C=O) groups excluding carboxylic acids is 1. The Morgan fingerprint density at radius 2 is 1.20 bits per heavy atom. The van der Waals surface area contributed by atoms with E-state index in [1.165, 1.54) is 43.5 Å². The Hall–Kier alpha value is -3.35. The van der Waals surface area contributed by atoms with Crippen molar-refractivity contribution in [1.82, 2.24) is 0 Å². The molecule has 4 aromatic rings. The summed E-state index contributed by atoms with van der Waals surface area (Å²) < 4.78 is 70.2. The lowest BCUT2D eigenvalue weighted by atomic mass is 9.99. The number of thiophene rings is 1. The molecule has 0 fully saturated rings. The lowest BCUT2D eigenvalue weighted by Crippen LogP contribution is -2.36. The Kier molecular flexibility index (Phi) is 8.91. The number of ketones is 1. The van der Waals surface area contributed by atoms with Crippen LogP contribution in [0.15, 0.2) is 94.0 Å². The first-order valence-electron chi connectivity index (χ1n) is 12.1. The van der Waals surface area contributed by atoms with E-state index in [0.29, 0.717) is 11.3 Å². The summed E-state index contributed by atoms with van der Waals surface area (Å²) in [4.78, 5) is 13.8. The van der Waals surface area contributed by atoms with Crippen molar-refractivity contribution in [1.29, 1.82) is 0 Å². The summed E-state index contributed by atoms with van der Waals surface area (Å²) in [6.45, 7) is 5.30. The van der Waals surface area contributed by atoms with E-state index in [4.69, 9.17) is 13.1 Å². The molecule has 0 N–H and O–H groups in total. The van der Waals surface area contributed by atoms with E-state index < -0.39 is 38.2 Å². The molecule has 0 saturated heterocycles. The molecule has 0 aliphatic rings. The largest absolute Gasteiger partial charge is 0.497 e. The van der Waals surface area contributed by atoms with Crippen molar-refractivity contribution in [3.8, 4) is 5.75 Å². The van der Waals surface area contributed by atoms with Gasteiger partial charge in [0, 0.05) is 0 Å². The fraction of sp³-hybridized carbons (Fsp3) is 0.207. The van der Waals surface area contributed by atoms with Crippen LogP contribution in [0, 0.1) is 20.8 Å². The predicted molar refractivity (Wildman–Crippen MR) is 152 cm³/mol. The van der Waals surface area contributed by atoms with Crippen LogP contribution in [0.5, 0.6) is 5.75 Å². The molecule has 0 radical (unpaired) electrons.